The summed E-state index contributed by atoms with van der Waals surface area (Å²) in [4.78, 5) is 14.8. The van der Waals surface area contributed by atoms with Crippen LogP contribution in [0.25, 0.3) is 0 Å². The minimum Gasteiger partial charge on any atom is -0.462 e. The van der Waals surface area contributed by atoms with Crippen LogP contribution >= 0.6 is 0 Å². The Morgan fingerprint density at radius 2 is 2.22 bits per heavy atom. The first-order valence-electron chi connectivity index (χ1n) is 4.70. The fraction of sp³-hybridized carbons (Fsp3) is 0.300. The van der Waals surface area contributed by atoms with E-state index in [9.17, 15) is 18.0 Å². The number of ether oxygens (including phenoxy) is 2. The molecule has 18 heavy (non-hydrogen) atoms. The fourth-order valence-electron chi connectivity index (χ4n) is 1.07. The van der Waals surface area contributed by atoms with Crippen LogP contribution in [0.4, 0.5) is 13.2 Å². The molecule has 0 fully saturated rings. The van der Waals surface area contributed by atoms with Crippen molar-refractivity contribution < 1.29 is 27.4 Å². The summed E-state index contributed by atoms with van der Waals surface area (Å²) >= 11 is 0. The minimum atomic E-state index is -4.98. The Labute approximate surface area is 99.8 Å². The van der Waals surface area contributed by atoms with Crippen molar-refractivity contribution in [3.63, 3.8) is 0 Å². The molecule has 5 nitrogen and oxygen atoms in total. The van der Waals surface area contributed by atoms with Gasteiger partial charge < -0.3 is 9.47 Å². The molecular weight excluding hydrogens is 253 g/mol. The number of carbonyl (C=O) groups is 1. The summed E-state index contributed by atoms with van der Waals surface area (Å²) in [5.74, 6) is -1.82. The van der Waals surface area contributed by atoms with Gasteiger partial charge in [0.25, 0.3) is 0 Å². The summed E-state index contributed by atoms with van der Waals surface area (Å²) in [6.45, 7) is 1.49. The molecule has 0 amide bonds. The lowest BCUT2D eigenvalue weighted by molar-refractivity contribution is -0.274. The van der Waals surface area contributed by atoms with Crippen LogP contribution < -0.4 is 4.74 Å². The summed E-state index contributed by atoms with van der Waals surface area (Å²) in [7, 11) is 0. The lowest BCUT2D eigenvalue weighted by Gasteiger charge is -2.12. The van der Waals surface area contributed by atoms with Crippen LogP contribution in [0.5, 0.6) is 5.75 Å². The Morgan fingerprint density at radius 3 is 2.72 bits per heavy atom. The van der Waals surface area contributed by atoms with Crippen molar-refractivity contribution in [1.82, 2.24) is 4.98 Å². The maximum Gasteiger partial charge on any atom is 0.573 e. The third kappa shape index (κ3) is 3.62. The molecule has 8 heteroatoms. The number of esters is 1. The molecule has 1 aromatic rings. The highest BCUT2D eigenvalue weighted by atomic mass is 19.4. The number of nitriles is 1. The van der Waals surface area contributed by atoms with Gasteiger partial charge in [-0.25, -0.2) is 9.78 Å². The van der Waals surface area contributed by atoms with E-state index >= 15 is 0 Å². The number of alkyl halides is 3. The molecule has 0 saturated carbocycles. The van der Waals surface area contributed by atoms with Crippen molar-refractivity contribution in [3.8, 4) is 11.8 Å². The summed E-state index contributed by atoms with van der Waals surface area (Å²) in [5.41, 5.74) is -0.796. The van der Waals surface area contributed by atoms with Crippen LogP contribution in [0.1, 0.15) is 23.0 Å². The number of carbonyl (C=O) groups excluding carboxylic acids is 1. The van der Waals surface area contributed by atoms with E-state index in [1.807, 2.05) is 0 Å². The Hall–Kier alpha value is -2.30. The fourth-order valence-corrected chi connectivity index (χ4v) is 1.07. The molecule has 0 N–H and O–H groups in total. The van der Waals surface area contributed by atoms with E-state index in [4.69, 9.17) is 5.26 Å². The second-order valence-corrected chi connectivity index (χ2v) is 2.95. The molecule has 0 aliphatic carbocycles. The van der Waals surface area contributed by atoms with E-state index in [1.54, 1.807) is 6.07 Å². The number of hydrogen-bond donors (Lipinski definition) is 0. The van der Waals surface area contributed by atoms with Crippen molar-refractivity contribution in [1.29, 1.82) is 5.26 Å². The summed E-state index contributed by atoms with van der Waals surface area (Å²) < 4.78 is 44.6. The monoisotopic (exact) mass is 260 g/mol. The van der Waals surface area contributed by atoms with Gasteiger partial charge in [0.2, 0.25) is 0 Å². The first kappa shape index (κ1) is 13.8. The van der Waals surface area contributed by atoms with Gasteiger partial charge in [-0.15, -0.1) is 13.2 Å². The quantitative estimate of drug-likeness (QED) is 0.777. The van der Waals surface area contributed by atoms with Crippen LogP contribution in [-0.2, 0) is 4.74 Å². The van der Waals surface area contributed by atoms with Gasteiger partial charge in [-0.2, -0.15) is 5.26 Å². The molecule has 0 saturated heterocycles. The zero-order valence-electron chi connectivity index (χ0n) is 9.11. The number of pyridine rings is 1. The third-order valence-corrected chi connectivity index (χ3v) is 1.70. The van der Waals surface area contributed by atoms with Gasteiger partial charge in [0.15, 0.2) is 0 Å². The number of halogens is 3. The molecule has 0 unspecified atom stereocenters. The highest BCUT2D eigenvalue weighted by Gasteiger charge is 2.33. The molecular formula is C10H7F3N2O3. The van der Waals surface area contributed by atoms with E-state index in [2.05, 4.69) is 14.5 Å². The van der Waals surface area contributed by atoms with E-state index in [0.717, 1.165) is 12.3 Å². The van der Waals surface area contributed by atoms with Gasteiger partial charge in [0.1, 0.15) is 23.1 Å². The first-order chi connectivity index (χ1) is 8.37. The number of hydrogen-bond acceptors (Lipinski definition) is 5. The van der Waals surface area contributed by atoms with Crippen LogP contribution in [0.2, 0.25) is 0 Å². The third-order valence-electron chi connectivity index (χ3n) is 1.70. The maximum absolute atomic E-state index is 12.1. The van der Waals surface area contributed by atoms with Crippen molar-refractivity contribution >= 4 is 5.97 Å². The minimum absolute atomic E-state index is 0.00963. The highest BCUT2D eigenvalue weighted by Crippen LogP contribution is 2.27. The Kier molecular flexibility index (Phi) is 4.09. The normalized spacial score (nSPS) is 10.6. The highest BCUT2D eigenvalue weighted by molar-refractivity contribution is 5.92. The number of rotatable bonds is 3. The summed E-state index contributed by atoms with van der Waals surface area (Å²) in [6, 6.07) is 2.26. The smallest absolute Gasteiger partial charge is 0.462 e. The average Bonchev–Trinajstić information content (AvgIpc) is 2.27. The molecule has 0 aromatic carbocycles. The summed E-state index contributed by atoms with van der Waals surface area (Å²) in [6.07, 6.45) is -4.17. The Balaban J connectivity index is 3.17. The van der Waals surface area contributed by atoms with E-state index in [0.29, 0.717) is 0 Å². The van der Waals surface area contributed by atoms with Gasteiger partial charge in [-0.3, -0.25) is 0 Å². The van der Waals surface area contributed by atoms with Crippen LogP contribution in [0, 0.1) is 11.3 Å². The van der Waals surface area contributed by atoms with Crippen LogP contribution in [0.15, 0.2) is 12.3 Å². The molecule has 0 aliphatic rings. The molecule has 1 heterocycles. The molecule has 1 rings (SSSR count). The second kappa shape index (κ2) is 5.35. The van der Waals surface area contributed by atoms with Crippen molar-refractivity contribution in [3.05, 3.63) is 23.5 Å². The molecule has 1 aromatic heterocycles. The molecule has 0 atom stereocenters. The molecule has 96 valence electrons. The molecule has 0 spiro atoms. The van der Waals surface area contributed by atoms with Gasteiger partial charge >= 0.3 is 12.3 Å². The molecule has 0 radical (unpaired) electrons. The maximum atomic E-state index is 12.1. The van der Waals surface area contributed by atoms with Gasteiger partial charge in [-0.1, -0.05) is 0 Å². The zero-order valence-corrected chi connectivity index (χ0v) is 9.11. The number of aromatic nitrogens is 1. The number of nitrogens with zero attached hydrogens (tertiary/aromatic N) is 2. The topological polar surface area (TPSA) is 72.2 Å². The van der Waals surface area contributed by atoms with Gasteiger partial charge in [-0.05, 0) is 6.92 Å². The van der Waals surface area contributed by atoms with Crippen LogP contribution in [0.3, 0.4) is 0 Å². The predicted molar refractivity (Wildman–Crippen MR) is 51.6 cm³/mol. The zero-order chi connectivity index (χ0) is 13.8. The van der Waals surface area contributed by atoms with Gasteiger partial charge in [0.05, 0.1) is 6.61 Å². The second-order valence-electron chi connectivity index (χ2n) is 2.95. The van der Waals surface area contributed by atoms with Crippen molar-refractivity contribution in [2.24, 2.45) is 0 Å². The lowest BCUT2D eigenvalue weighted by Crippen LogP contribution is -2.20. The van der Waals surface area contributed by atoms with Crippen LogP contribution in [-0.4, -0.2) is 23.9 Å². The van der Waals surface area contributed by atoms with E-state index in [-0.39, 0.29) is 12.3 Å². The Bertz CT molecular complexity index is 494. The molecule has 0 aliphatic heterocycles. The first-order valence-corrected chi connectivity index (χ1v) is 4.70. The van der Waals surface area contributed by atoms with Crippen molar-refractivity contribution in [2.75, 3.05) is 6.61 Å². The van der Waals surface area contributed by atoms with Gasteiger partial charge in [0, 0.05) is 12.3 Å². The molecule has 0 bridgehead atoms. The standard InChI is InChI=1S/C10H7F3N2O3/c1-2-17-9(16)7-5-15-6(4-14)3-8(7)18-10(11,12)13/h3,5H,2H2,1H3. The lowest BCUT2D eigenvalue weighted by atomic mass is 10.2. The van der Waals surface area contributed by atoms with E-state index < -0.39 is 23.6 Å². The Morgan fingerprint density at radius 1 is 1.56 bits per heavy atom. The summed E-state index contributed by atoms with van der Waals surface area (Å²) in [5, 5.41) is 8.53. The predicted octanol–water partition coefficient (Wildman–Crippen LogP) is 2.03. The SMILES string of the molecule is CCOC(=O)c1cnc(C#N)cc1OC(F)(F)F. The largest absolute Gasteiger partial charge is 0.573 e. The average molecular weight is 260 g/mol. The van der Waals surface area contributed by atoms with E-state index in [1.165, 1.54) is 6.92 Å². The van der Waals surface area contributed by atoms with Crippen molar-refractivity contribution in [2.45, 2.75) is 13.3 Å².